The van der Waals surface area contributed by atoms with Crippen molar-refractivity contribution in [2.24, 2.45) is 0 Å². The minimum absolute atomic E-state index is 0.00343. The Kier molecular flexibility index (Phi) is 8.73. The summed E-state index contributed by atoms with van der Waals surface area (Å²) in [6.07, 6.45) is 0.894. The fourth-order valence-electron chi connectivity index (χ4n) is 1.02. The number of carbonyl (C=O) groups is 1. The first-order valence-electron chi connectivity index (χ1n) is 5.06. The Bertz CT molecular complexity index is 213. The molecule has 0 spiro atoms. The number of rotatable bonds is 8. The Morgan fingerprint density at radius 1 is 1.53 bits per heavy atom. The second kappa shape index (κ2) is 9.44. The molecule has 0 rings (SSSR count). The summed E-state index contributed by atoms with van der Waals surface area (Å²) in [6.45, 7) is 3.60. The van der Waals surface area contributed by atoms with Crippen molar-refractivity contribution in [2.75, 3.05) is 26.8 Å². The highest BCUT2D eigenvalue weighted by Gasteiger charge is 2.02. The molecule has 0 saturated heterocycles. The number of methoxy groups -OCH3 is 1. The first-order valence-corrected chi connectivity index (χ1v) is 5.06. The van der Waals surface area contributed by atoms with Gasteiger partial charge in [-0.15, -0.1) is 0 Å². The Hall–Kier alpha value is -1.12. The molecule has 5 heteroatoms. The molecular weight excluding hydrogens is 194 g/mol. The van der Waals surface area contributed by atoms with Crippen molar-refractivity contribution in [1.29, 1.82) is 5.26 Å². The molecular formula is C10H19N3O2. The highest BCUT2D eigenvalue weighted by Crippen LogP contribution is 1.88. The van der Waals surface area contributed by atoms with Crippen LogP contribution in [-0.2, 0) is 9.53 Å². The van der Waals surface area contributed by atoms with Crippen LogP contribution < -0.4 is 10.6 Å². The molecule has 1 amide bonds. The standard InChI is InChI=1S/C10H19N3O2/c1-9(3-5-11)12-6-4-10(14)13-7-8-15-2/h9,12H,3-4,6-8H2,1-2H3,(H,13,14). The monoisotopic (exact) mass is 213 g/mol. The SMILES string of the molecule is COCCNC(=O)CCNC(C)CC#N. The minimum Gasteiger partial charge on any atom is -0.383 e. The Morgan fingerprint density at radius 3 is 2.87 bits per heavy atom. The molecule has 0 radical (unpaired) electrons. The maximum absolute atomic E-state index is 11.2. The number of ether oxygens (including phenoxy) is 1. The molecule has 86 valence electrons. The molecule has 1 unspecified atom stereocenters. The number of nitrogens with zero attached hydrogens (tertiary/aromatic N) is 1. The zero-order valence-electron chi connectivity index (χ0n) is 9.38. The number of nitriles is 1. The molecule has 0 aliphatic carbocycles. The smallest absolute Gasteiger partial charge is 0.221 e. The molecule has 1 atom stereocenters. The van der Waals surface area contributed by atoms with E-state index in [9.17, 15) is 4.79 Å². The van der Waals surface area contributed by atoms with E-state index in [2.05, 4.69) is 16.7 Å². The lowest BCUT2D eigenvalue weighted by atomic mass is 10.2. The third-order valence-electron chi connectivity index (χ3n) is 1.87. The molecule has 0 aromatic carbocycles. The van der Waals surface area contributed by atoms with Gasteiger partial charge in [-0.2, -0.15) is 5.26 Å². The maximum atomic E-state index is 11.2. The highest BCUT2D eigenvalue weighted by atomic mass is 16.5. The van der Waals surface area contributed by atoms with Crippen LogP contribution in [0.4, 0.5) is 0 Å². The zero-order valence-corrected chi connectivity index (χ0v) is 9.38. The third-order valence-corrected chi connectivity index (χ3v) is 1.87. The molecule has 2 N–H and O–H groups in total. The molecule has 0 heterocycles. The number of hydrogen-bond acceptors (Lipinski definition) is 4. The summed E-state index contributed by atoms with van der Waals surface area (Å²) in [5, 5.41) is 14.2. The van der Waals surface area contributed by atoms with Gasteiger partial charge in [0.25, 0.3) is 0 Å². The summed E-state index contributed by atoms with van der Waals surface area (Å²) in [6, 6.07) is 2.21. The number of amides is 1. The second-order valence-electron chi connectivity index (χ2n) is 3.31. The Labute approximate surface area is 90.8 Å². The normalized spacial score (nSPS) is 11.8. The van der Waals surface area contributed by atoms with Crippen LogP contribution in [-0.4, -0.2) is 38.8 Å². The highest BCUT2D eigenvalue weighted by molar-refractivity contribution is 5.76. The van der Waals surface area contributed by atoms with Crippen molar-refractivity contribution in [3.63, 3.8) is 0 Å². The molecule has 0 aromatic rings. The lowest BCUT2D eigenvalue weighted by Crippen LogP contribution is -2.33. The van der Waals surface area contributed by atoms with E-state index in [0.717, 1.165) is 0 Å². The van der Waals surface area contributed by atoms with E-state index in [0.29, 0.717) is 32.5 Å². The van der Waals surface area contributed by atoms with Gasteiger partial charge in [-0.05, 0) is 6.92 Å². The van der Waals surface area contributed by atoms with E-state index in [4.69, 9.17) is 10.00 Å². The van der Waals surface area contributed by atoms with Crippen molar-refractivity contribution in [1.82, 2.24) is 10.6 Å². The molecule has 15 heavy (non-hydrogen) atoms. The molecule has 0 bridgehead atoms. The quantitative estimate of drug-likeness (QED) is 0.558. The molecule has 0 saturated carbocycles. The van der Waals surface area contributed by atoms with Gasteiger partial charge < -0.3 is 15.4 Å². The Morgan fingerprint density at radius 2 is 2.27 bits per heavy atom. The van der Waals surface area contributed by atoms with Crippen LogP contribution in [0.25, 0.3) is 0 Å². The number of hydrogen-bond donors (Lipinski definition) is 2. The van der Waals surface area contributed by atoms with Crippen LogP contribution in [0.5, 0.6) is 0 Å². The summed E-state index contributed by atoms with van der Waals surface area (Å²) >= 11 is 0. The fourth-order valence-corrected chi connectivity index (χ4v) is 1.02. The lowest BCUT2D eigenvalue weighted by molar-refractivity contribution is -0.121. The van der Waals surface area contributed by atoms with Crippen LogP contribution in [0.15, 0.2) is 0 Å². The molecule has 5 nitrogen and oxygen atoms in total. The summed E-state index contributed by atoms with van der Waals surface area (Å²) in [5.41, 5.74) is 0. The largest absolute Gasteiger partial charge is 0.383 e. The topological polar surface area (TPSA) is 74.2 Å². The van der Waals surface area contributed by atoms with Gasteiger partial charge in [0.1, 0.15) is 0 Å². The van der Waals surface area contributed by atoms with Gasteiger partial charge in [-0.3, -0.25) is 4.79 Å². The van der Waals surface area contributed by atoms with Gasteiger partial charge in [-0.1, -0.05) is 0 Å². The van der Waals surface area contributed by atoms with Crippen LogP contribution in [0.2, 0.25) is 0 Å². The zero-order chi connectivity index (χ0) is 11.5. The number of carbonyl (C=O) groups excluding carboxylic acids is 1. The van der Waals surface area contributed by atoms with Crippen LogP contribution in [0.1, 0.15) is 19.8 Å². The molecule has 0 aromatic heterocycles. The van der Waals surface area contributed by atoms with Crippen molar-refractivity contribution < 1.29 is 9.53 Å². The summed E-state index contributed by atoms with van der Waals surface area (Å²) in [4.78, 5) is 11.2. The van der Waals surface area contributed by atoms with Gasteiger partial charge >= 0.3 is 0 Å². The van der Waals surface area contributed by atoms with Gasteiger partial charge in [0, 0.05) is 32.7 Å². The van der Waals surface area contributed by atoms with Crippen molar-refractivity contribution >= 4 is 5.91 Å². The minimum atomic E-state index is 0.00343. The predicted molar refractivity (Wildman–Crippen MR) is 57.2 cm³/mol. The first-order chi connectivity index (χ1) is 7.20. The van der Waals surface area contributed by atoms with Crippen LogP contribution >= 0.6 is 0 Å². The first kappa shape index (κ1) is 13.9. The van der Waals surface area contributed by atoms with Gasteiger partial charge in [0.05, 0.1) is 19.1 Å². The van der Waals surface area contributed by atoms with Gasteiger partial charge in [0.2, 0.25) is 5.91 Å². The second-order valence-corrected chi connectivity index (χ2v) is 3.31. The average molecular weight is 213 g/mol. The third kappa shape index (κ3) is 9.19. The van der Waals surface area contributed by atoms with E-state index in [-0.39, 0.29) is 11.9 Å². The lowest BCUT2D eigenvalue weighted by Gasteiger charge is -2.09. The van der Waals surface area contributed by atoms with Crippen molar-refractivity contribution in [2.45, 2.75) is 25.8 Å². The van der Waals surface area contributed by atoms with Crippen LogP contribution in [0, 0.1) is 11.3 Å². The van der Waals surface area contributed by atoms with Gasteiger partial charge in [-0.25, -0.2) is 0 Å². The van der Waals surface area contributed by atoms with Crippen molar-refractivity contribution in [3.8, 4) is 6.07 Å². The average Bonchev–Trinajstić information content (AvgIpc) is 2.18. The number of nitrogens with one attached hydrogen (secondary N) is 2. The van der Waals surface area contributed by atoms with Crippen LogP contribution in [0.3, 0.4) is 0 Å². The molecule has 0 fully saturated rings. The van der Waals surface area contributed by atoms with E-state index < -0.39 is 0 Å². The van der Waals surface area contributed by atoms with Gasteiger partial charge in [0.15, 0.2) is 0 Å². The summed E-state index contributed by atoms with van der Waals surface area (Å²) < 4.78 is 4.80. The Balaban J connectivity index is 3.35. The van der Waals surface area contributed by atoms with E-state index in [1.54, 1.807) is 7.11 Å². The maximum Gasteiger partial charge on any atom is 0.221 e. The predicted octanol–water partition coefficient (Wildman–Crippen LogP) is 0.0309. The molecule has 0 aliphatic heterocycles. The van der Waals surface area contributed by atoms with Crippen molar-refractivity contribution in [3.05, 3.63) is 0 Å². The molecule has 0 aliphatic rings. The summed E-state index contributed by atoms with van der Waals surface area (Å²) in [7, 11) is 1.59. The van der Waals surface area contributed by atoms with E-state index in [1.807, 2.05) is 6.92 Å². The summed E-state index contributed by atoms with van der Waals surface area (Å²) in [5.74, 6) is 0.00343. The fraction of sp³-hybridized carbons (Fsp3) is 0.800. The van der Waals surface area contributed by atoms with E-state index in [1.165, 1.54) is 0 Å². The van der Waals surface area contributed by atoms with E-state index >= 15 is 0 Å².